The van der Waals surface area contributed by atoms with E-state index in [1.54, 1.807) is 23.1 Å². The second-order valence-corrected chi connectivity index (χ2v) is 14.4. The van der Waals surface area contributed by atoms with E-state index in [1.807, 2.05) is 37.8 Å². The lowest BCUT2D eigenvalue weighted by Crippen LogP contribution is -2.57. The van der Waals surface area contributed by atoms with Gasteiger partial charge in [-0.25, -0.2) is 14.8 Å². The summed E-state index contributed by atoms with van der Waals surface area (Å²) in [5, 5.41) is 17.5. The number of carbonyl (C=O) groups is 3. The molecular weight excluding hydrogens is 677 g/mol. The number of ether oxygens (including phenoxy) is 1. The van der Waals surface area contributed by atoms with Crippen LogP contribution < -0.4 is 25.8 Å². The van der Waals surface area contributed by atoms with Crippen LogP contribution in [0.5, 0.6) is 0 Å². The molecule has 0 bridgehead atoms. The number of nitriles is 1. The third-order valence-corrected chi connectivity index (χ3v) is 9.16. The zero-order valence-electron chi connectivity index (χ0n) is 30.4. The number of hydrogen-bond acceptors (Lipinski definition) is 9. The van der Waals surface area contributed by atoms with Crippen molar-refractivity contribution >= 4 is 29.5 Å². The molecule has 2 aliphatic heterocycles. The van der Waals surface area contributed by atoms with E-state index in [2.05, 4.69) is 32.0 Å². The molecule has 4 rings (SSSR count). The molecule has 3 N–H and O–H groups in total. The molecule has 52 heavy (non-hydrogen) atoms. The summed E-state index contributed by atoms with van der Waals surface area (Å²) in [6.07, 6.45) is 1.91. The van der Waals surface area contributed by atoms with Crippen molar-refractivity contribution in [3.05, 3.63) is 47.3 Å². The van der Waals surface area contributed by atoms with Gasteiger partial charge < -0.3 is 30.5 Å². The van der Waals surface area contributed by atoms with Gasteiger partial charge in [0.15, 0.2) is 0 Å². The standard InChI is InChI=1S/C37H51F3N8O4/c1-36(2,3)52-35(51)44-19-6-4-5-18-42-32(49)9-7-8-26-15-21-47(22-16-26)30-24-31(46-34(45-30)37(38,39)40)48-23-17-29(48)33(50)43-20-14-27-10-12-28(25-41)13-11-27/h10-13,24,26,29H,4-9,14-23H2,1-3H3,(H,42,49)(H,43,50)(H,44,51)/t29-/m0/s1. The van der Waals surface area contributed by atoms with Gasteiger partial charge in [0, 0.05) is 51.8 Å². The predicted molar refractivity (Wildman–Crippen MR) is 191 cm³/mol. The Bertz CT molecular complexity index is 1530. The predicted octanol–water partition coefficient (Wildman–Crippen LogP) is 5.50. The van der Waals surface area contributed by atoms with E-state index < -0.39 is 29.7 Å². The van der Waals surface area contributed by atoms with Crippen molar-refractivity contribution in [2.45, 2.75) is 103 Å². The maximum atomic E-state index is 13.9. The Labute approximate surface area is 303 Å². The molecule has 284 valence electrons. The van der Waals surface area contributed by atoms with Crippen molar-refractivity contribution in [2.75, 3.05) is 49.1 Å². The van der Waals surface area contributed by atoms with Crippen molar-refractivity contribution in [1.82, 2.24) is 25.9 Å². The van der Waals surface area contributed by atoms with Crippen LogP contribution in [-0.2, 0) is 26.9 Å². The number of alkyl halides is 3. The summed E-state index contributed by atoms with van der Waals surface area (Å²) in [5.74, 6) is -0.853. The first kappa shape index (κ1) is 40.2. The minimum atomic E-state index is -4.74. The molecule has 3 amide bonds. The van der Waals surface area contributed by atoms with Crippen LogP contribution in [0.4, 0.5) is 29.6 Å². The zero-order valence-corrected chi connectivity index (χ0v) is 30.4. The molecule has 1 atom stereocenters. The van der Waals surface area contributed by atoms with Crippen LogP contribution >= 0.6 is 0 Å². The van der Waals surface area contributed by atoms with Crippen LogP contribution in [0.3, 0.4) is 0 Å². The van der Waals surface area contributed by atoms with Crippen molar-refractivity contribution in [3.8, 4) is 6.07 Å². The molecule has 2 fully saturated rings. The molecule has 0 spiro atoms. The first-order chi connectivity index (χ1) is 24.7. The minimum Gasteiger partial charge on any atom is -0.444 e. The van der Waals surface area contributed by atoms with E-state index in [-0.39, 0.29) is 23.5 Å². The van der Waals surface area contributed by atoms with Crippen LogP contribution in [0, 0.1) is 17.2 Å². The second kappa shape index (κ2) is 18.8. The molecule has 3 heterocycles. The third-order valence-electron chi connectivity index (χ3n) is 9.16. The Morgan fingerprint density at radius 2 is 1.56 bits per heavy atom. The smallest absolute Gasteiger partial charge is 0.444 e. The summed E-state index contributed by atoms with van der Waals surface area (Å²) in [6.45, 7) is 8.36. The van der Waals surface area contributed by atoms with E-state index in [0.29, 0.717) is 70.0 Å². The largest absolute Gasteiger partial charge is 0.451 e. The van der Waals surface area contributed by atoms with E-state index >= 15 is 0 Å². The van der Waals surface area contributed by atoms with Gasteiger partial charge in [0.25, 0.3) is 0 Å². The molecule has 12 nitrogen and oxygen atoms in total. The van der Waals surface area contributed by atoms with Crippen LogP contribution in [0.1, 0.15) is 95.5 Å². The lowest BCUT2D eigenvalue weighted by Gasteiger charge is -2.41. The number of rotatable bonds is 16. The number of carbonyl (C=O) groups excluding carboxylic acids is 3. The van der Waals surface area contributed by atoms with Gasteiger partial charge in [-0.1, -0.05) is 12.1 Å². The number of unbranched alkanes of at least 4 members (excludes halogenated alkanes) is 2. The number of anilines is 2. The lowest BCUT2D eigenvalue weighted by atomic mass is 9.91. The zero-order chi connectivity index (χ0) is 37.7. The highest BCUT2D eigenvalue weighted by Gasteiger charge is 2.40. The maximum Gasteiger partial charge on any atom is 0.451 e. The van der Waals surface area contributed by atoms with E-state index in [9.17, 15) is 27.6 Å². The average Bonchev–Trinajstić information content (AvgIpc) is 3.06. The highest BCUT2D eigenvalue weighted by Crippen LogP contribution is 2.34. The van der Waals surface area contributed by atoms with E-state index in [4.69, 9.17) is 10.00 Å². The van der Waals surface area contributed by atoms with Gasteiger partial charge in [0.2, 0.25) is 17.6 Å². The number of benzene rings is 1. The maximum absolute atomic E-state index is 13.9. The Balaban J connectivity index is 1.17. The molecule has 0 aliphatic carbocycles. The van der Waals surface area contributed by atoms with E-state index in [0.717, 1.165) is 50.5 Å². The van der Waals surface area contributed by atoms with Gasteiger partial charge in [-0.2, -0.15) is 18.4 Å². The van der Waals surface area contributed by atoms with Gasteiger partial charge in [-0.15, -0.1) is 0 Å². The Morgan fingerprint density at radius 1 is 0.885 bits per heavy atom. The second-order valence-electron chi connectivity index (χ2n) is 14.4. The molecule has 2 saturated heterocycles. The average molecular weight is 729 g/mol. The Morgan fingerprint density at radius 3 is 2.17 bits per heavy atom. The number of alkyl carbamates (subject to hydrolysis) is 1. The molecule has 2 aliphatic rings. The summed E-state index contributed by atoms with van der Waals surface area (Å²) in [5.41, 5.74) is 0.978. The number of aromatic nitrogens is 2. The molecule has 15 heteroatoms. The topological polar surface area (TPSA) is 153 Å². The van der Waals surface area contributed by atoms with Gasteiger partial charge in [-0.05, 0) is 102 Å². The first-order valence-corrected chi connectivity index (χ1v) is 18.2. The van der Waals surface area contributed by atoms with Crippen LogP contribution in [0.25, 0.3) is 0 Å². The SMILES string of the molecule is CC(C)(C)OC(=O)NCCCCCNC(=O)CCCC1CCN(c2cc(N3CC[C@H]3C(=O)NCCc3ccc(C#N)cc3)nc(C(F)(F)F)n2)CC1. The third kappa shape index (κ3) is 12.9. The summed E-state index contributed by atoms with van der Waals surface area (Å²) in [4.78, 5) is 48.1. The van der Waals surface area contributed by atoms with Gasteiger partial charge in [0.05, 0.1) is 11.6 Å². The summed E-state index contributed by atoms with van der Waals surface area (Å²) >= 11 is 0. The van der Waals surface area contributed by atoms with Gasteiger partial charge in [0.1, 0.15) is 23.3 Å². The molecule has 0 radical (unpaired) electrons. The molecule has 0 saturated carbocycles. The summed E-state index contributed by atoms with van der Waals surface area (Å²) in [6, 6.07) is 10.1. The molecule has 1 aromatic carbocycles. The quantitative estimate of drug-likeness (QED) is 0.190. The summed E-state index contributed by atoms with van der Waals surface area (Å²) < 4.78 is 46.9. The number of nitrogens with zero attached hydrogens (tertiary/aromatic N) is 5. The van der Waals surface area contributed by atoms with Gasteiger partial charge in [-0.3, -0.25) is 9.59 Å². The number of hydrogen-bond donors (Lipinski definition) is 3. The normalized spacial score (nSPS) is 16.4. The monoisotopic (exact) mass is 728 g/mol. The van der Waals surface area contributed by atoms with Crippen LogP contribution in [0.2, 0.25) is 0 Å². The molecule has 0 unspecified atom stereocenters. The fourth-order valence-corrected chi connectivity index (χ4v) is 6.24. The molecular formula is C37H51F3N8O4. The summed E-state index contributed by atoms with van der Waals surface area (Å²) in [7, 11) is 0. The van der Waals surface area contributed by atoms with Crippen molar-refractivity contribution in [1.29, 1.82) is 5.26 Å². The Hall–Kier alpha value is -4.61. The highest BCUT2D eigenvalue weighted by molar-refractivity contribution is 5.86. The van der Waals surface area contributed by atoms with Crippen molar-refractivity contribution < 1.29 is 32.3 Å². The fraction of sp³-hybridized carbons (Fsp3) is 0.622. The first-order valence-electron chi connectivity index (χ1n) is 18.2. The number of amides is 3. The van der Waals surface area contributed by atoms with Crippen molar-refractivity contribution in [3.63, 3.8) is 0 Å². The lowest BCUT2D eigenvalue weighted by molar-refractivity contribution is -0.144. The van der Waals surface area contributed by atoms with E-state index in [1.165, 1.54) is 0 Å². The number of nitrogens with one attached hydrogen (secondary N) is 3. The number of halogens is 3. The highest BCUT2D eigenvalue weighted by atomic mass is 19.4. The van der Waals surface area contributed by atoms with Crippen LogP contribution in [0.15, 0.2) is 30.3 Å². The fourth-order valence-electron chi connectivity index (χ4n) is 6.24. The number of piperidine rings is 1. The molecule has 2 aromatic rings. The van der Waals surface area contributed by atoms with Gasteiger partial charge >= 0.3 is 12.3 Å². The Kier molecular flexibility index (Phi) is 14.5. The van der Waals surface area contributed by atoms with Crippen LogP contribution in [-0.4, -0.2) is 78.8 Å². The van der Waals surface area contributed by atoms with Crippen molar-refractivity contribution in [2.24, 2.45) is 5.92 Å². The minimum absolute atomic E-state index is 0.00166. The molecule has 1 aromatic heterocycles.